The molecule has 1 aliphatic rings. The number of rotatable bonds is 4. The van der Waals surface area contributed by atoms with Crippen LogP contribution in [-0.2, 0) is 24.4 Å². The molecule has 0 aromatic heterocycles. The molecule has 1 atom stereocenters. The van der Waals surface area contributed by atoms with E-state index in [4.69, 9.17) is 14.2 Å². The van der Waals surface area contributed by atoms with Gasteiger partial charge in [-0.05, 0) is 27.2 Å². The van der Waals surface area contributed by atoms with E-state index in [-0.39, 0.29) is 12.6 Å². The van der Waals surface area contributed by atoms with Crippen LogP contribution in [0.2, 0.25) is 0 Å². The van der Waals surface area contributed by atoms with Gasteiger partial charge < -0.3 is 14.2 Å². The number of nitrogens with one attached hydrogen (secondary N) is 1. The highest BCUT2D eigenvalue weighted by Gasteiger charge is 2.27. The third-order valence-corrected chi connectivity index (χ3v) is 3.97. The summed E-state index contributed by atoms with van der Waals surface area (Å²) in [4.78, 5) is 11.5. The molecule has 0 spiro atoms. The topological polar surface area (TPSA) is 94.2 Å². The van der Waals surface area contributed by atoms with Crippen LogP contribution < -0.4 is 4.72 Å². The second-order valence-electron chi connectivity index (χ2n) is 5.81. The van der Waals surface area contributed by atoms with Crippen molar-refractivity contribution >= 4 is 16.3 Å². The van der Waals surface area contributed by atoms with Gasteiger partial charge >= 0.3 is 16.3 Å². The highest BCUT2D eigenvalue weighted by atomic mass is 32.2. The fraction of sp³-hybridized carbons (Fsp3) is 0.917. The van der Waals surface area contributed by atoms with Crippen LogP contribution >= 0.6 is 0 Å². The summed E-state index contributed by atoms with van der Waals surface area (Å²) in [5.41, 5.74) is -0.767. The third kappa shape index (κ3) is 7.07. The van der Waals surface area contributed by atoms with E-state index in [1.54, 1.807) is 20.8 Å². The van der Waals surface area contributed by atoms with Crippen LogP contribution in [-0.4, -0.2) is 63.9 Å². The number of carbonyl (C=O) groups excluding carboxylic acids is 1. The first-order valence-corrected chi connectivity index (χ1v) is 8.20. The zero-order valence-corrected chi connectivity index (χ0v) is 13.7. The molecule has 1 rings (SSSR count). The highest BCUT2D eigenvalue weighted by molar-refractivity contribution is 7.87. The Labute approximate surface area is 125 Å². The van der Waals surface area contributed by atoms with E-state index in [1.807, 2.05) is 4.72 Å². The van der Waals surface area contributed by atoms with E-state index in [1.165, 1.54) is 7.05 Å². The largest absolute Gasteiger partial charge is 0.443 e. The van der Waals surface area contributed by atoms with Crippen LogP contribution in [0.5, 0.6) is 0 Å². The van der Waals surface area contributed by atoms with Crippen LogP contribution in [0.3, 0.4) is 0 Å². The molecule has 1 amide bonds. The minimum absolute atomic E-state index is 0.0954. The maximum absolute atomic E-state index is 12.0. The standard InChI is InChI=1S/C12H24N2O6S/c1-12(2,3)20-11(15)13-21(16,17)14(4)8-10-9-18-6-5-7-19-10/h10H,5-9H2,1-4H3,(H,13,15). The summed E-state index contributed by atoms with van der Waals surface area (Å²) in [5, 5.41) is 0. The number of ether oxygens (including phenoxy) is 3. The van der Waals surface area contributed by atoms with Crippen molar-refractivity contribution in [2.45, 2.75) is 38.9 Å². The molecule has 1 fully saturated rings. The fourth-order valence-corrected chi connectivity index (χ4v) is 2.42. The molecule has 8 nitrogen and oxygen atoms in total. The number of hydrogen-bond donors (Lipinski definition) is 1. The Bertz CT molecular complexity index is 437. The van der Waals surface area contributed by atoms with E-state index < -0.39 is 21.9 Å². The maximum Gasteiger partial charge on any atom is 0.422 e. The van der Waals surface area contributed by atoms with Gasteiger partial charge in [0, 0.05) is 26.8 Å². The summed E-state index contributed by atoms with van der Waals surface area (Å²) in [6, 6.07) is 0. The molecule has 21 heavy (non-hydrogen) atoms. The van der Waals surface area contributed by atoms with Gasteiger partial charge in [-0.15, -0.1) is 0 Å². The Morgan fingerprint density at radius 2 is 2.05 bits per heavy atom. The summed E-state index contributed by atoms with van der Waals surface area (Å²) in [5.74, 6) is 0. The van der Waals surface area contributed by atoms with Gasteiger partial charge in [0.2, 0.25) is 0 Å². The average molecular weight is 324 g/mol. The Balaban J connectivity index is 2.54. The van der Waals surface area contributed by atoms with Crippen molar-refractivity contribution in [3.8, 4) is 0 Å². The molecule has 1 unspecified atom stereocenters. The summed E-state index contributed by atoms with van der Waals surface area (Å²) >= 11 is 0. The average Bonchev–Trinajstić information content (AvgIpc) is 2.53. The second kappa shape index (κ2) is 7.39. The van der Waals surface area contributed by atoms with E-state index in [0.29, 0.717) is 19.8 Å². The maximum atomic E-state index is 12.0. The van der Waals surface area contributed by atoms with E-state index in [9.17, 15) is 13.2 Å². The van der Waals surface area contributed by atoms with Crippen molar-refractivity contribution < 1.29 is 27.4 Å². The Morgan fingerprint density at radius 3 is 2.67 bits per heavy atom. The lowest BCUT2D eigenvalue weighted by atomic mass is 10.2. The van der Waals surface area contributed by atoms with Crippen LogP contribution in [0.25, 0.3) is 0 Å². The quantitative estimate of drug-likeness (QED) is 0.809. The molecule has 0 aromatic carbocycles. The lowest BCUT2D eigenvalue weighted by molar-refractivity contribution is 0.0181. The number of likely N-dealkylation sites (N-methyl/N-ethyl adjacent to an activating group) is 1. The molecule has 1 heterocycles. The van der Waals surface area contributed by atoms with Gasteiger partial charge in [0.15, 0.2) is 0 Å². The first-order valence-electron chi connectivity index (χ1n) is 6.76. The van der Waals surface area contributed by atoms with Crippen molar-refractivity contribution in [2.24, 2.45) is 0 Å². The van der Waals surface area contributed by atoms with Crippen molar-refractivity contribution in [1.29, 1.82) is 0 Å². The first-order chi connectivity index (χ1) is 9.60. The van der Waals surface area contributed by atoms with Gasteiger partial charge in [-0.2, -0.15) is 12.7 Å². The zero-order valence-electron chi connectivity index (χ0n) is 12.9. The van der Waals surface area contributed by atoms with Crippen LogP contribution in [0.4, 0.5) is 4.79 Å². The van der Waals surface area contributed by atoms with E-state index >= 15 is 0 Å². The first kappa shape index (κ1) is 18.1. The van der Waals surface area contributed by atoms with E-state index in [2.05, 4.69) is 0 Å². The normalized spacial score (nSPS) is 20.9. The van der Waals surface area contributed by atoms with Gasteiger partial charge in [-0.25, -0.2) is 9.52 Å². The van der Waals surface area contributed by atoms with Crippen molar-refractivity contribution in [3.05, 3.63) is 0 Å². The predicted molar refractivity (Wildman–Crippen MR) is 76.1 cm³/mol. The molecule has 0 saturated carbocycles. The highest BCUT2D eigenvalue weighted by Crippen LogP contribution is 2.09. The summed E-state index contributed by atoms with van der Waals surface area (Å²) in [6.07, 6.45) is -0.580. The molecule has 124 valence electrons. The Morgan fingerprint density at radius 1 is 1.38 bits per heavy atom. The second-order valence-corrected chi connectivity index (χ2v) is 7.59. The summed E-state index contributed by atoms with van der Waals surface area (Å²) in [6.45, 7) is 6.50. The van der Waals surface area contributed by atoms with Crippen LogP contribution in [0.15, 0.2) is 0 Å². The van der Waals surface area contributed by atoms with Gasteiger partial charge in [0.1, 0.15) is 5.60 Å². The Hall–Kier alpha value is -0.900. The molecular weight excluding hydrogens is 300 g/mol. The van der Waals surface area contributed by atoms with Gasteiger partial charge in [-0.1, -0.05) is 0 Å². The monoisotopic (exact) mass is 324 g/mol. The molecular formula is C12H24N2O6S. The number of amides is 1. The smallest absolute Gasteiger partial charge is 0.422 e. The summed E-state index contributed by atoms with van der Waals surface area (Å²) < 4.78 is 42.6. The van der Waals surface area contributed by atoms with Crippen molar-refractivity contribution in [2.75, 3.05) is 33.4 Å². The van der Waals surface area contributed by atoms with Crippen LogP contribution in [0.1, 0.15) is 27.2 Å². The molecule has 9 heteroatoms. The minimum Gasteiger partial charge on any atom is -0.443 e. The van der Waals surface area contributed by atoms with Gasteiger partial charge in [-0.3, -0.25) is 0 Å². The predicted octanol–water partition coefficient (Wildman–Crippen LogP) is 0.493. The number of hydrogen-bond acceptors (Lipinski definition) is 6. The number of nitrogens with zero attached hydrogens (tertiary/aromatic N) is 1. The molecule has 0 radical (unpaired) electrons. The van der Waals surface area contributed by atoms with Crippen molar-refractivity contribution in [3.63, 3.8) is 0 Å². The van der Waals surface area contributed by atoms with E-state index in [0.717, 1.165) is 10.7 Å². The van der Waals surface area contributed by atoms with Gasteiger partial charge in [0.25, 0.3) is 0 Å². The Kier molecular flexibility index (Phi) is 6.39. The zero-order chi connectivity index (χ0) is 16.1. The molecule has 1 aliphatic heterocycles. The lowest BCUT2D eigenvalue weighted by Gasteiger charge is -2.24. The molecule has 1 N–H and O–H groups in total. The molecule has 0 bridgehead atoms. The van der Waals surface area contributed by atoms with Crippen molar-refractivity contribution in [1.82, 2.24) is 9.03 Å². The lowest BCUT2D eigenvalue weighted by Crippen LogP contribution is -2.46. The molecule has 0 aromatic rings. The third-order valence-electron chi connectivity index (χ3n) is 2.57. The molecule has 1 saturated heterocycles. The SMILES string of the molecule is CN(CC1COCCCO1)S(=O)(=O)NC(=O)OC(C)(C)C. The molecule has 0 aliphatic carbocycles. The summed E-state index contributed by atoms with van der Waals surface area (Å²) in [7, 11) is -2.61. The number of carbonyl (C=O) groups is 1. The minimum atomic E-state index is -3.97. The van der Waals surface area contributed by atoms with Gasteiger partial charge in [0.05, 0.1) is 12.7 Å². The van der Waals surface area contributed by atoms with Crippen LogP contribution in [0, 0.1) is 0 Å². The fourth-order valence-electron chi connectivity index (χ4n) is 1.65.